The van der Waals surface area contributed by atoms with Crippen LogP contribution >= 0.6 is 12.6 Å². The van der Waals surface area contributed by atoms with E-state index in [2.05, 4.69) is 18.7 Å². The van der Waals surface area contributed by atoms with Crippen LogP contribution in [0.3, 0.4) is 0 Å². The van der Waals surface area contributed by atoms with E-state index < -0.39 is 0 Å². The second-order valence-electron chi connectivity index (χ2n) is 2.32. The molecule has 0 atom stereocenters. The van der Waals surface area contributed by atoms with E-state index in [1.165, 1.54) is 5.56 Å². The fourth-order valence-corrected chi connectivity index (χ4v) is 0.984. The van der Waals surface area contributed by atoms with Gasteiger partial charge in [-0.2, -0.15) is 0 Å². The maximum atomic E-state index is 5.44. The number of hydrogen-bond acceptors (Lipinski definition) is 2. The molecule has 10 heavy (non-hydrogen) atoms. The first kappa shape index (κ1) is 7.63. The molecule has 0 heterocycles. The highest BCUT2D eigenvalue weighted by atomic mass is 32.1. The monoisotopic (exact) mass is 153 g/mol. The van der Waals surface area contributed by atoms with Gasteiger partial charge in [0.15, 0.2) is 0 Å². The van der Waals surface area contributed by atoms with Gasteiger partial charge < -0.3 is 5.73 Å². The van der Waals surface area contributed by atoms with Gasteiger partial charge in [0.05, 0.1) is 0 Å². The number of aryl methyl sites for hydroxylation is 1. The van der Waals surface area contributed by atoms with Crippen LogP contribution in [-0.4, -0.2) is 0 Å². The van der Waals surface area contributed by atoms with E-state index in [-0.39, 0.29) is 0 Å². The van der Waals surface area contributed by atoms with Crippen LogP contribution in [0.2, 0.25) is 0 Å². The van der Waals surface area contributed by atoms with Crippen LogP contribution in [0.15, 0.2) is 23.1 Å². The number of rotatable bonds is 1. The second kappa shape index (κ2) is 3.08. The van der Waals surface area contributed by atoms with Crippen molar-refractivity contribution >= 4 is 12.6 Å². The molecule has 0 saturated heterocycles. The van der Waals surface area contributed by atoms with Gasteiger partial charge in [-0.25, -0.2) is 0 Å². The molecule has 54 valence electrons. The third-order valence-corrected chi connectivity index (χ3v) is 2.00. The molecule has 0 unspecified atom stereocenters. The summed E-state index contributed by atoms with van der Waals surface area (Å²) < 4.78 is 0. The summed E-state index contributed by atoms with van der Waals surface area (Å²) in [5.74, 6) is 0. The Morgan fingerprint density at radius 2 is 2.20 bits per heavy atom. The predicted molar refractivity (Wildman–Crippen MR) is 46.3 cm³/mol. The minimum absolute atomic E-state index is 0.606. The quantitative estimate of drug-likeness (QED) is 0.590. The Morgan fingerprint density at radius 3 is 2.70 bits per heavy atom. The van der Waals surface area contributed by atoms with Gasteiger partial charge >= 0.3 is 0 Å². The van der Waals surface area contributed by atoms with Crippen LogP contribution in [0.4, 0.5) is 0 Å². The summed E-state index contributed by atoms with van der Waals surface area (Å²) in [5, 5.41) is 0. The molecular weight excluding hydrogens is 142 g/mol. The zero-order valence-corrected chi connectivity index (χ0v) is 6.86. The maximum absolute atomic E-state index is 5.44. The summed E-state index contributed by atoms with van der Waals surface area (Å²) in [7, 11) is 0. The molecule has 0 aliphatic heterocycles. The van der Waals surface area contributed by atoms with Crippen molar-refractivity contribution < 1.29 is 0 Å². The lowest BCUT2D eigenvalue weighted by atomic mass is 10.1. The van der Waals surface area contributed by atoms with Gasteiger partial charge in [0.25, 0.3) is 0 Å². The second-order valence-corrected chi connectivity index (χ2v) is 2.81. The molecule has 1 rings (SSSR count). The Bertz CT molecular complexity index is 233. The van der Waals surface area contributed by atoms with E-state index in [0.29, 0.717) is 6.54 Å². The fraction of sp³-hybridized carbons (Fsp3) is 0.250. The third kappa shape index (κ3) is 1.52. The molecule has 2 heteroatoms. The standard InChI is InChI=1S/C8H11NS/c1-6-4-7(5-9)2-3-8(6)10/h2-4,10H,5,9H2,1H3. The molecule has 2 N–H and O–H groups in total. The van der Waals surface area contributed by atoms with Gasteiger partial charge in [-0.15, -0.1) is 12.6 Å². The zero-order valence-electron chi connectivity index (χ0n) is 5.96. The molecule has 0 aromatic heterocycles. The number of hydrogen-bond donors (Lipinski definition) is 2. The summed E-state index contributed by atoms with van der Waals surface area (Å²) in [5.41, 5.74) is 7.79. The molecule has 0 aliphatic carbocycles. The van der Waals surface area contributed by atoms with Crippen LogP contribution in [0.5, 0.6) is 0 Å². The van der Waals surface area contributed by atoms with Crippen LogP contribution in [0.1, 0.15) is 11.1 Å². The molecule has 0 bridgehead atoms. The maximum Gasteiger partial charge on any atom is 0.0178 e. The Balaban J connectivity index is 3.04. The molecule has 0 aliphatic rings. The number of benzene rings is 1. The van der Waals surface area contributed by atoms with Gasteiger partial charge in [0.1, 0.15) is 0 Å². The third-order valence-electron chi connectivity index (χ3n) is 1.50. The van der Waals surface area contributed by atoms with Crippen LogP contribution in [-0.2, 0) is 6.54 Å². The average Bonchev–Trinajstić information content (AvgIpc) is 1.95. The lowest BCUT2D eigenvalue weighted by Crippen LogP contribution is -1.96. The van der Waals surface area contributed by atoms with Crippen LogP contribution in [0.25, 0.3) is 0 Å². The van der Waals surface area contributed by atoms with Crippen molar-refractivity contribution in [1.29, 1.82) is 0 Å². The normalized spacial score (nSPS) is 9.90. The topological polar surface area (TPSA) is 26.0 Å². The van der Waals surface area contributed by atoms with E-state index >= 15 is 0 Å². The molecule has 0 amide bonds. The minimum Gasteiger partial charge on any atom is -0.326 e. The zero-order chi connectivity index (χ0) is 7.56. The Labute approximate surface area is 66.7 Å². The lowest BCUT2D eigenvalue weighted by molar-refractivity contribution is 1.06. The summed E-state index contributed by atoms with van der Waals surface area (Å²) in [6, 6.07) is 6.03. The van der Waals surface area contributed by atoms with Crippen molar-refractivity contribution in [3.63, 3.8) is 0 Å². The van der Waals surface area contributed by atoms with E-state index in [1.54, 1.807) is 0 Å². The van der Waals surface area contributed by atoms with Gasteiger partial charge in [-0.3, -0.25) is 0 Å². The first-order chi connectivity index (χ1) is 4.74. The SMILES string of the molecule is Cc1cc(CN)ccc1S. The molecule has 1 aromatic rings. The summed E-state index contributed by atoms with van der Waals surface area (Å²) in [6.07, 6.45) is 0. The molecule has 1 aromatic carbocycles. The summed E-state index contributed by atoms with van der Waals surface area (Å²) in [4.78, 5) is 1.03. The van der Waals surface area contributed by atoms with Gasteiger partial charge in [0.2, 0.25) is 0 Å². The highest BCUT2D eigenvalue weighted by molar-refractivity contribution is 7.80. The van der Waals surface area contributed by atoms with Gasteiger partial charge in [0, 0.05) is 11.4 Å². The smallest absolute Gasteiger partial charge is 0.0178 e. The average molecular weight is 153 g/mol. The largest absolute Gasteiger partial charge is 0.326 e. The number of thiol groups is 1. The highest BCUT2D eigenvalue weighted by Crippen LogP contribution is 2.13. The van der Waals surface area contributed by atoms with Gasteiger partial charge in [-0.1, -0.05) is 12.1 Å². The van der Waals surface area contributed by atoms with Crippen LogP contribution in [0, 0.1) is 6.92 Å². The molecule has 0 spiro atoms. The first-order valence-corrected chi connectivity index (χ1v) is 3.67. The molecule has 1 nitrogen and oxygen atoms in total. The van der Waals surface area contributed by atoms with Crippen molar-refractivity contribution in [2.75, 3.05) is 0 Å². The fourth-order valence-electron chi connectivity index (χ4n) is 0.845. The van der Waals surface area contributed by atoms with E-state index in [1.807, 2.05) is 19.1 Å². The summed E-state index contributed by atoms with van der Waals surface area (Å²) in [6.45, 7) is 2.64. The molecule has 0 radical (unpaired) electrons. The number of nitrogens with two attached hydrogens (primary N) is 1. The Morgan fingerprint density at radius 1 is 1.50 bits per heavy atom. The van der Waals surface area contributed by atoms with E-state index in [0.717, 1.165) is 10.5 Å². The highest BCUT2D eigenvalue weighted by Gasteiger charge is 1.93. The summed E-state index contributed by atoms with van der Waals surface area (Å²) >= 11 is 4.24. The van der Waals surface area contributed by atoms with Crippen molar-refractivity contribution in [3.05, 3.63) is 29.3 Å². The lowest BCUT2D eigenvalue weighted by Gasteiger charge is -2.00. The van der Waals surface area contributed by atoms with Gasteiger partial charge in [-0.05, 0) is 24.1 Å². The predicted octanol–water partition coefficient (Wildman–Crippen LogP) is 1.74. The Kier molecular flexibility index (Phi) is 2.35. The molecule has 0 fully saturated rings. The van der Waals surface area contributed by atoms with Crippen molar-refractivity contribution in [2.24, 2.45) is 5.73 Å². The van der Waals surface area contributed by atoms with Crippen LogP contribution < -0.4 is 5.73 Å². The van der Waals surface area contributed by atoms with E-state index in [9.17, 15) is 0 Å². The van der Waals surface area contributed by atoms with E-state index in [4.69, 9.17) is 5.73 Å². The minimum atomic E-state index is 0.606. The Hall–Kier alpha value is -0.470. The molecular formula is C8H11NS. The molecule has 0 saturated carbocycles. The van der Waals surface area contributed by atoms with Crippen molar-refractivity contribution in [2.45, 2.75) is 18.4 Å². The van der Waals surface area contributed by atoms with Crippen molar-refractivity contribution in [1.82, 2.24) is 0 Å². The first-order valence-electron chi connectivity index (χ1n) is 3.22. The van der Waals surface area contributed by atoms with Crippen molar-refractivity contribution in [3.8, 4) is 0 Å².